The molecule has 0 aliphatic heterocycles. The van der Waals surface area contributed by atoms with E-state index in [-0.39, 0.29) is 10.8 Å². The Hall–Kier alpha value is -1.73. The number of hydrogen-bond acceptors (Lipinski definition) is 5. The Balaban J connectivity index is 1.80. The maximum absolute atomic E-state index is 12.0. The molecule has 0 saturated carbocycles. The lowest BCUT2D eigenvalue weighted by molar-refractivity contribution is 0.0956. The fraction of sp³-hybridized carbons (Fsp3) is 0.267. The Labute approximate surface area is 134 Å². The number of thioether (sulfide) groups is 1. The second kappa shape index (κ2) is 7.51. The summed E-state index contributed by atoms with van der Waals surface area (Å²) in [6, 6.07) is 9.78. The summed E-state index contributed by atoms with van der Waals surface area (Å²) in [5, 5.41) is 2.77. The van der Waals surface area contributed by atoms with Gasteiger partial charge in [0.05, 0.1) is 16.9 Å². The van der Waals surface area contributed by atoms with E-state index in [1.165, 1.54) is 12.1 Å². The van der Waals surface area contributed by atoms with E-state index in [0.717, 1.165) is 23.5 Å². The third-order valence-corrected chi connectivity index (χ3v) is 4.97. The van der Waals surface area contributed by atoms with Crippen LogP contribution in [0, 0.1) is 0 Å². The molecule has 2 aromatic rings. The largest absolute Gasteiger partial charge is 0.468 e. The van der Waals surface area contributed by atoms with Crippen molar-refractivity contribution in [1.29, 1.82) is 0 Å². The van der Waals surface area contributed by atoms with Gasteiger partial charge in [-0.25, -0.2) is 8.42 Å². The molecule has 0 saturated heterocycles. The molecular formula is C15H17NO4S2. The Morgan fingerprint density at radius 2 is 2.09 bits per heavy atom. The van der Waals surface area contributed by atoms with Crippen LogP contribution < -0.4 is 5.32 Å². The predicted octanol–water partition coefficient (Wildman–Crippen LogP) is 2.35. The van der Waals surface area contributed by atoms with Gasteiger partial charge in [0.2, 0.25) is 0 Å². The van der Waals surface area contributed by atoms with Crippen molar-refractivity contribution < 1.29 is 17.6 Å². The maximum Gasteiger partial charge on any atom is 0.251 e. The number of benzene rings is 1. The van der Waals surface area contributed by atoms with Crippen LogP contribution in [0.3, 0.4) is 0 Å². The van der Waals surface area contributed by atoms with E-state index in [4.69, 9.17) is 4.42 Å². The van der Waals surface area contributed by atoms with Crippen LogP contribution in [0.1, 0.15) is 16.1 Å². The van der Waals surface area contributed by atoms with Crippen molar-refractivity contribution in [3.05, 3.63) is 54.0 Å². The smallest absolute Gasteiger partial charge is 0.251 e. The second-order valence-corrected chi connectivity index (χ2v) is 7.81. The van der Waals surface area contributed by atoms with Crippen LogP contribution >= 0.6 is 11.8 Å². The maximum atomic E-state index is 12.0. The zero-order valence-electron chi connectivity index (χ0n) is 12.1. The summed E-state index contributed by atoms with van der Waals surface area (Å²) in [7, 11) is -3.31. The monoisotopic (exact) mass is 339 g/mol. The molecule has 22 heavy (non-hydrogen) atoms. The molecule has 0 unspecified atom stereocenters. The average molecular weight is 339 g/mol. The van der Waals surface area contributed by atoms with E-state index < -0.39 is 9.84 Å². The lowest BCUT2D eigenvalue weighted by Gasteiger charge is -2.06. The van der Waals surface area contributed by atoms with Gasteiger partial charge in [0.25, 0.3) is 5.91 Å². The molecule has 0 aliphatic rings. The molecule has 0 fully saturated rings. The van der Waals surface area contributed by atoms with Gasteiger partial charge in [0, 0.05) is 24.1 Å². The average Bonchev–Trinajstić information content (AvgIpc) is 2.99. The molecule has 0 radical (unpaired) electrons. The number of carbonyl (C=O) groups excluding carboxylic acids is 1. The van der Waals surface area contributed by atoms with E-state index in [0.29, 0.717) is 12.1 Å². The Kier molecular flexibility index (Phi) is 5.68. The summed E-state index contributed by atoms with van der Waals surface area (Å²) in [6.45, 7) is 0.507. The molecule has 0 aliphatic carbocycles. The summed E-state index contributed by atoms with van der Waals surface area (Å²) in [5.74, 6) is 2.13. The molecule has 0 bridgehead atoms. The van der Waals surface area contributed by atoms with Gasteiger partial charge in [-0.1, -0.05) is 6.07 Å². The number of furan rings is 1. The van der Waals surface area contributed by atoms with Crippen molar-refractivity contribution in [2.45, 2.75) is 10.6 Å². The predicted molar refractivity (Wildman–Crippen MR) is 86.8 cm³/mol. The quantitative estimate of drug-likeness (QED) is 0.784. The van der Waals surface area contributed by atoms with E-state index in [9.17, 15) is 13.2 Å². The first kappa shape index (κ1) is 16.6. The van der Waals surface area contributed by atoms with Gasteiger partial charge in [-0.2, -0.15) is 11.8 Å². The molecule has 1 amide bonds. The highest BCUT2D eigenvalue weighted by molar-refractivity contribution is 7.98. The number of amides is 1. The van der Waals surface area contributed by atoms with Gasteiger partial charge in [0.1, 0.15) is 5.76 Å². The number of sulfone groups is 1. The molecule has 1 heterocycles. The van der Waals surface area contributed by atoms with Gasteiger partial charge in [-0.15, -0.1) is 0 Å². The van der Waals surface area contributed by atoms with E-state index in [1.807, 2.05) is 12.1 Å². The lowest BCUT2D eigenvalue weighted by Crippen LogP contribution is -2.25. The Bertz CT molecular complexity index is 724. The van der Waals surface area contributed by atoms with E-state index in [1.54, 1.807) is 30.2 Å². The second-order valence-electron chi connectivity index (χ2n) is 4.69. The van der Waals surface area contributed by atoms with Crippen molar-refractivity contribution >= 4 is 27.5 Å². The highest BCUT2D eigenvalue weighted by Gasteiger charge is 2.11. The number of hydrogen-bond donors (Lipinski definition) is 1. The van der Waals surface area contributed by atoms with Gasteiger partial charge >= 0.3 is 0 Å². The van der Waals surface area contributed by atoms with Crippen LogP contribution in [-0.4, -0.2) is 32.9 Å². The third-order valence-electron chi connectivity index (χ3n) is 2.88. The molecule has 1 aromatic carbocycles. The molecule has 118 valence electrons. The minimum atomic E-state index is -3.31. The summed E-state index contributed by atoms with van der Waals surface area (Å²) < 4.78 is 28.2. The molecule has 0 spiro atoms. The molecule has 1 N–H and O–H groups in total. The highest BCUT2D eigenvalue weighted by atomic mass is 32.2. The van der Waals surface area contributed by atoms with Gasteiger partial charge in [0.15, 0.2) is 9.84 Å². The minimum absolute atomic E-state index is 0.146. The number of carbonyl (C=O) groups is 1. The first-order valence-electron chi connectivity index (χ1n) is 6.65. The topological polar surface area (TPSA) is 76.4 Å². The zero-order chi connectivity index (χ0) is 16.0. The van der Waals surface area contributed by atoms with Crippen LogP contribution in [0.2, 0.25) is 0 Å². The standard InChI is InChI=1S/C15H17NO4S2/c1-22(18,19)14-6-2-4-12(10-14)15(17)16-7-9-21-11-13-5-3-8-20-13/h2-6,8,10H,7,9,11H2,1H3,(H,16,17). The normalized spacial score (nSPS) is 11.3. The number of nitrogens with one attached hydrogen (secondary N) is 1. The highest BCUT2D eigenvalue weighted by Crippen LogP contribution is 2.13. The van der Waals surface area contributed by atoms with Crippen LogP contribution in [-0.2, 0) is 15.6 Å². The van der Waals surface area contributed by atoms with Gasteiger partial charge in [-0.3, -0.25) is 4.79 Å². The number of rotatable bonds is 7. The lowest BCUT2D eigenvalue weighted by atomic mass is 10.2. The first-order chi connectivity index (χ1) is 10.5. The van der Waals surface area contributed by atoms with Crippen molar-refractivity contribution in [2.24, 2.45) is 0 Å². The first-order valence-corrected chi connectivity index (χ1v) is 9.70. The summed E-state index contributed by atoms with van der Waals surface area (Å²) in [5.41, 5.74) is 0.346. The van der Waals surface area contributed by atoms with E-state index >= 15 is 0 Å². The third kappa shape index (κ3) is 4.92. The molecular weight excluding hydrogens is 322 g/mol. The van der Waals surface area contributed by atoms with Gasteiger partial charge < -0.3 is 9.73 Å². The van der Waals surface area contributed by atoms with Gasteiger partial charge in [-0.05, 0) is 30.3 Å². The Morgan fingerprint density at radius 1 is 1.27 bits per heavy atom. The zero-order valence-corrected chi connectivity index (χ0v) is 13.7. The molecule has 5 nitrogen and oxygen atoms in total. The van der Waals surface area contributed by atoms with Crippen LogP contribution in [0.25, 0.3) is 0 Å². The molecule has 7 heteroatoms. The Morgan fingerprint density at radius 3 is 2.77 bits per heavy atom. The fourth-order valence-corrected chi connectivity index (χ4v) is 3.20. The fourth-order valence-electron chi connectivity index (χ4n) is 1.77. The van der Waals surface area contributed by atoms with Crippen LogP contribution in [0.4, 0.5) is 0 Å². The molecule has 1 aromatic heterocycles. The summed E-state index contributed by atoms with van der Waals surface area (Å²) >= 11 is 1.65. The van der Waals surface area contributed by atoms with Crippen molar-refractivity contribution in [3.63, 3.8) is 0 Å². The minimum Gasteiger partial charge on any atom is -0.468 e. The van der Waals surface area contributed by atoms with Crippen LogP contribution in [0.15, 0.2) is 52.0 Å². The SMILES string of the molecule is CS(=O)(=O)c1cccc(C(=O)NCCSCc2ccco2)c1. The summed E-state index contributed by atoms with van der Waals surface area (Å²) in [6.07, 6.45) is 2.75. The van der Waals surface area contributed by atoms with Crippen molar-refractivity contribution in [1.82, 2.24) is 5.32 Å². The molecule has 0 atom stereocenters. The van der Waals surface area contributed by atoms with E-state index in [2.05, 4.69) is 5.32 Å². The van der Waals surface area contributed by atoms with Crippen molar-refractivity contribution in [3.8, 4) is 0 Å². The summed E-state index contributed by atoms with van der Waals surface area (Å²) in [4.78, 5) is 12.1. The molecule has 2 rings (SSSR count). The van der Waals surface area contributed by atoms with Crippen molar-refractivity contribution in [2.75, 3.05) is 18.6 Å². The van der Waals surface area contributed by atoms with Crippen LogP contribution in [0.5, 0.6) is 0 Å².